The Kier molecular flexibility index (Phi) is 5.00. The Morgan fingerprint density at radius 1 is 1.25 bits per heavy atom. The molecule has 0 aromatic carbocycles. The van der Waals surface area contributed by atoms with Crippen molar-refractivity contribution < 1.29 is 22.7 Å². The molecular weight excluding hydrogens is 336 g/mol. The molecule has 2 heterocycles. The summed E-state index contributed by atoms with van der Waals surface area (Å²) in [5, 5.41) is 9.24. The highest BCUT2D eigenvalue weighted by Crippen LogP contribution is 2.34. The molecular formula is C14H22N4O5S. The van der Waals surface area contributed by atoms with Gasteiger partial charge in [-0.05, 0) is 20.8 Å². The highest BCUT2D eigenvalue weighted by atomic mass is 32.2. The van der Waals surface area contributed by atoms with E-state index in [1.54, 1.807) is 4.68 Å². The van der Waals surface area contributed by atoms with E-state index in [4.69, 9.17) is 4.74 Å². The molecule has 0 fully saturated rings. The molecule has 1 aliphatic heterocycles. The minimum Gasteiger partial charge on any atom is -0.383 e. The van der Waals surface area contributed by atoms with Crippen molar-refractivity contribution in [3.63, 3.8) is 0 Å². The summed E-state index contributed by atoms with van der Waals surface area (Å²) in [5.41, 5.74) is 0.381. The molecule has 1 aromatic rings. The van der Waals surface area contributed by atoms with Crippen molar-refractivity contribution in [3.05, 3.63) is 11.3 Å². The zero-order valence-corrected chi connectivity index (χ0v) is 15.0. The molecule has 0 saturated carbocycles. The third-order valence-corrected chi connectivity index (χ3v) is 4.89. The van der Waals surface area contributed by atoms with Crippen molar-refractivity contribution in [1.29, 1.82) is 0 Å². The summed E-state index contributed by atoms with van der Waals surface area (Å²) in [5.74, 6) is -1.79. The normalized spacial score (nSPS) is 15.8. The van der Waals surface area contributed by atoms with Crippen molar-refractivity contribution >= 4 is 27.5 Å². The Morgan fingerprint density at radius 2 is 1.92 bits per heavy atom. The number of carbonyl (C=O) groups is 2. The Labute approximate surface area is 140 Å². The van der Waals surface area contributed by atoms with Crippen molar-refractivity contribution in [1.82, 2.24) is 15.1 Å². The van der Waals surface area contributed by atoms with Crippen LogP contribution in [-0.2, 0) is 41.2 Å². The number of amides is 2. The lowest BCUT2D eigenvalue weighted by molar-refractivity contribution is -0.136. The Hall–Kier alpha value is -1.94. The third-order valence-electron chi connectivity index (χ3n) is 3.45. The van der Waals surface area contributed by atoms with E-state index in [2.05, 4.69) is 15.7 Å². The van der Waals surface area contributed by atoms with E-state index in [1.807, 2.05) is 20.8 Å². The predicted molar refractivity (Wildman–Crippen MR) is 87.1 cm³/mol. The van der Waals surface area contributed by atoms with E-state index in [0.717, 1.165) is 0 Å². The van der Waals surface area contributed by atoms with Crippen LogP contribution in [0.1, 0.15) is 32.0 Å². The second-order valence-electron chi connectivity index (χ2n) is 6.59. The minimum atomic E-state index is -3.26. The van der Waals surface area contributed by atoms with Crippen LogP contribution in [0.5, 0.6) is 0 Å². The van der Waals surface area contributed by atoms with Crippen molar-refractivity contribution in [2.24, 2.45) is 0 Å². The fraction of sp³-hybridized carbons (Fsp3) is 0.643. The topological polar surface area (TPSA) is 119 Å². The molecule has 10 heteroatoms. The predicted octanol–water partition coefficient (Wildman–Crippen LogP) is -0.232. The Bertz CT molecular complexity index is 761. The van der Waals surface area contributed by atoms with E-state index >= 15 is 0 Å². The molecule has 1 aliphatic rings. The summed E-state index contributed by atoms with van der Waals surface area (Å²) in [6, 6.07) is 0. The summed E-state index contributed by atoms with van der Waals surface area (Å²) in [4.78, 5) is 23.9. The first-order chi connectivity index (χ1) is 11.0. The zero-order valence-electron chi connectivity index (χ0n) is 14.2. The molecule has 134 valence electrons. The van der Waals surface area contributed by atoms with Gasteiger partial charge in [-0.15, -0.1) is 0 Å². The number of nitrogens with one attached hydrogen (secondary N) is 2. The number of aromatic nitrogens is 2. The van der Waals surface area contributed by atoms with E-state index in [0.29, 0.717) is 11.3 Å². The molecule has 9 nitrogen and oxygen atoms in total. The van der Waals surface area contributed by atoms with Crippen LogP contribution in [0.3, 0.4) is 0 Å². The first kappa shape index (κ1) is 18.4. The van der Waals surface area contributed by atoms with Gasteiger partial charge in [-0.2, -0.15) is 5.10 Å². The van der Waals surface area contributed by atoms with Gasteiger partial charge in [0.1, 0.15) is 5.82 Å². The standard InChI is InChI=1S/C14H22N4O5S/c1-14(2,3)18-11(9-7-24(21,22)8-10(9)17-18)16-13(20)12(19)15-5-6-23-4/h5-8H2,1-4H3,(H,15,19)(H,16,20). The van der Waals surface area contributed by atoms with Crippen LogP contribution in [-0.4, -0.2) is 50.3 Å². The number of anilines is 1. The number of fused-ring (bicyclic) bond motifs is 1. The van der Waals surface area contributed by atoms with Gasteiger partial charge in [-0.3, -0.25) is 9.59 Å². The van der Waals surface area contributed by atoms with Crippen molar-refractivity contribution in [2.45, 2.75) is 37.8 Å². The molecule has 1 aromatic heterocycles. The fourth-order valence-corrected chi connectivity index (χ4v) is 3.86. The molecule has 0 spiro atoms. The summed E-state index contributed by atoms with van der Waals surface area (Å²) >= 11 is 0. The van der Waals surface area contributed by atoms with Crippen molar-refractivity contribution in [2.75, 3.05) is 25.6 Å². The number of rotatable bonds is 4. The van der Waals surface area contributed by atoms with Crippen LogP contribution >= 0.6 is 0 Å². The van der Waals surface area contributed by atoms with Crippen LogP contribution in [0.4, 0.5) is 5.82 Å². The van der Waals surface area contributed by atoms with Crippen LogP contribution in [0.15, 0.2) is 0 Å². The average Bonchev–Trinajstić information content (AvgIpc) is 2.92. The number of carbonyl (C=O) groups excluding carboxylic acids is 2. The maximum Gasteiger partial charge on any atom is 0.314 e. The third kappa shape index (κ3) is 3.93. The van der Waals surface area contributed by atoms with Gasteiger partial charge in [0.05, 0.1) is 29.3 Å². The van der Waals surface area contributed by atoms with Gasteiger partial charge in [0, 0.05) is 19.2 Å². The lowest BCUT2D eigenvalue weighted by Crippen LogP contribution is -2.38. The molecule has 0 bridgehead atoms. The monoisotopic (exact) mass is 358 g/mol. The summed E-state index contributed by atoms with van der Waals surface area (Å²) in [6.45, 7) is 6.11. The SMILES string of the molecule is COCCNC(=O)C(=O)Nc1c2c(nn1C(C)(C)C)CS(=O)(=O)C2. The lowest BCUT2D eigenvalue weighted by Gasteiger charge is -2.23. The fourth-order valence-electron chi connectivity index (χ4n) is 2.37. The molecule has 0 unspecified atom stereocenters. The molecule has 2 N–H and O–H groups in total. The van der Waals surface area contributed by atoms with Crippen LogP contribution in [0.2, 0.25) is 0 Å². The maximum absolute atomic E-state index is 12.1. The molecule has 24 heavy (non-hydrogen) atoms. The van der Waals surface area contributed by atoms with Crippen LogP contribution < -0.4 is 10.6 Å². The second kappa shape index (κ2) is 6.52. The highest BCUT2D eigenvalue weighted by Gasteiger charge is 2.35. The largest absolute Gasteiger partial charge is 0.383 e. The summed E-state index contributed by atoms with van der Waals surface area (Å²) < 4.78 is 29.9. The van der Waals surface area contributed by atoms with Crippen molar-refractivity contribution in [3.8, 4) is 0 Å². The van der Waals surface area contributed by atoms with E-state index in [9.17, 15) is 18.0 Å². The van der Waals surface area contributed by atoms with Gasteiger partial charge in [0.25, 0.3) is 0 Å². The molecule has 2 amide bonds. The number of nitrogens with zero attached hydrogens (tertiary/aromatic N) is 2. The van der Waals surface area contributed by atoms with E-state index in [1.165, 1.54) is 7.11 Å². The molecule has 0 radical (unpaired) electrons. The average molecular weight is 358 g/mol. The molecule has 0 saturated heterocycles. The first-order valence-electron chi connectivity index (χ1n) is 7.45. The smallest absolute Gasteiger partial charge is 0.314 e. The lowest BCUT2D eigenvalue weighted by atomic mass is 10.1. The van der Waals surface area contributed by atoms with Gasteiger partial charge >= 0.3 is 11.8 Å². The Morgan fingerprint density at radius 3 is 2.50 bits per heavy atom. The number of sulfone groups is 1. The number of ether oxygens (including phenoxy) is 1. The number of hydrogen-bond donors (Lipinski definition) is 2. The molecule has 2 rings (SSSR count). The summed E-state index contributed by atoms with van der Waals surface area (Å²) in [6.07, 6.45) is 0. The second-order valence-corrected chi connectivity index (χ2v) is 8.66. The van der Waals surface area contributed by atoms with Crippen LogP contribution in [0.25, 0.3) is 0 Å². The minimum absolute atomic E-state index is 0.158. The van der Waals surface area contributed by atoms with Gasteiger partial charge < -0.3 is 15.4 Å². The highest BCUT2D eigenvalue weighted by molar-refractivity contribution is 7.90. The molecule has 0 aliphatic carbocycles. The first-order valence-corrected chi connectivity index (χ1v) is 9.27. The zero-order chi connectivity index (χ0) is 18.1. The van der Waals surface area contributed by atoms with Gasteiger partial charge in [-0.1, -0.05) is 0 Å². The van der Waals surface area contributed by atoms with Crippen LogP contribution in [0, 0.1) is 0 Å². The van der Waals surface area contributed by atoms with Gasteiger partial charge in [-0.25, -0.2) is 13.1 Å². The number of methoxy groups -OCH3 is 1. The van der Waals surface area contributed by atoms with E-state index in [-0.39, 0.29) is 30.5 Å². The van der Waals surface area contributed by atoms with Gasteiger partial charge in [0.2, 0.25) is 0 Å². The number of hydrogen-bond acceptors (Lipinski definition) is 6. The quantitative estimate of drug-likeness (QED) is 0.567. The Balaban J connectivity index is 2.26. The maximum atomic E-state index is 12.1. The van der Waals surface area contributed by atoms with E-state index < -0.39 is 27.2 Å². The summed E-state index contributed by atoms with van der Waals surface area (Å²) in [7, 11) is -1.78. The molecule has 0 atom stereocenters. The van der Waals surface area contributed by atoms with Gasteiger partial charge in [0.15, 0.2) is 9.84 Å².